The summed E-state index contributed by atoms with van der Waals surface area (Å²) in [4.78, 5) is 22.7. The van der Waals surface area contributed by atoms with Gasteiger partial charge in [-0.1, -0.05) is 121 Å². The highest BCUT2D eigenvalue weighted by molar-refractivity contribution is 7.47. The molecular weight excluding hydrogens is 637 g/mol. The third kappa shape index (κ3) is 37.8. The summed E-state index contributed by atoms with van der Waals surface area (Å²) in [6.45, 7) is 5.51. The molecule has 0 aliphatic heterocycles. The highest BCUT2D eigenvalue weighted by Crippen LogP contribution is 2.43. The zero-order chi connectivity index (χ0) is 36.3. The maximum Gasteiger partial charge on any atom is 0.472 e. The van der Waals surface area contributed by atoms with Crippen molar-refractivity contribution in [3.63, 3.8) is 0 Å². The lowest BCUT2D eigenvalue weighted by Gasteiger charge is -2.24. The molecular formula is C40H77NO7P+. The van der Waals surface area contributed by atoms with Crippen LogP contribution in [-0.2, 0) is 27.9 Å². The van der Waals surface area contributed by atoms with Crippen molar-refractivity contribution in [2.24, 2.45) is 0 Å². The van der Waals surface area contributed by atoms with Gasteiger partial charge in [-0.15, -0.1) is 0 Å². The van der Waals surface area contributed by atoms with Gasteiger partial charge in [-0.05, 0) is 64.2 Å². The first-order valence-electron chi connectivity index (χ1n) is 19.7. The summed E-state index contributed by atoms with van der Waals surface area (Å²) in [6.07, 6.45) is 37.4. The molecule has 0 saturated heterocycles. The molecule has 0 amide bonds. The van der Waals surface area contributed by atoms with Crippen LogP contribution in [0.2, 0.25) is 0 Å². The van der Waals surface area contributed by atoms with Crippen molar-refractivity contribution in [2.75, 3.05) is 54.1 Å². The number of esters is 1. The summed E-state index contributed by atoms with van der Waals surface area (Å²) in [5.41, 5.74) is 0. The van der Waals surface area contributed by atoms with Crippen molar-refractivity contribution < 1.29 is 37.3 Å². The SMILES string of the molecule is CCCC/C=C\CCCCCCCC(=O)OC(COCCCCCCCC/C=C\C/C=C\CCCCC)COP(=O)(O)OCC[N+](C)(C)C. The zero-order valence-electron chi connectivity index (χ0n) is 32.4. The number of allylic oxidation sites excluding steroid dienone is 6. The van der Waals surface area contributed by atoms with Crippen molar-refractivity contribution in [2.45, 2.75) is 161 Å². The van der Waals surface area contributed by atoms with Gasteiger partial charge in [0.1, 0.15) is 19.3 Å². The molecule has 0 aromatic heterocycles. The fourth-order valence-corrected chi connectivity index (χ4v) is 5.77. The summed E-state index contributed by atoms with van der Waals surface area (Å²) in [6, 6.07) is 0. The van der Waals surface area contributed by atoms with E-state index in [9.17, 15) is 14.3 Å². The molecule has 0 aliphatic rings. The van der Waals surface area contributed by atoms with E-state index in [0.29, 0.717) is 24.1 Å². The number of ether oxygens (including phenoxy) is 2. The van der Waals surface area contributed by atoms with Crippen LogP contribution < -0.4 is 0 Å². The number of nitrogens with zero attached hydrogens (tertiary/aromatic N) is 1. The summed E-state index contributed by atoms with van der Waals surface area (Å²) in [5, 5.41) is 0. The van der Waals surface area contributed by atoms with Gasteiger partial charge in [0.15, 0.2) is 0 Å². The molecule has 0 bridgehead atoms. The summed E-state index contributed by atoms with van der Waals surface area (Å²) < 4.78 is 34.8. The normalized spacial score (nSPS) is 14.3. The van der Waals surface area contributed by atoms with Crippen molar-refractivity contribution in [1.82, 2.24) is 0 Å². The average Bonchev–Trinajstić information content (AvgIpc) is 3.04. The lowest BCUT2D eigenvalue weighted by molar-refractivity contribution is -0.870. The second kappa shape index (κ2) is 33.8. The molecule has 0 heterocycles. The Morgan fingerprint density at radius 2 is 1.14 bits per heavy atom. The van der Waals surface area contributed by atoms with E-state index >= 15 is 0 Å². The minimum Gasteiger partial charge on any atom is -0.457 e. The molecule has 1 N–H and O–H groups in total. The number of phosphoric ester groups is 1. The van der Waals surface area contributed by atoms with Crippen LogP contribution in [0.3, 0.4) is 0 Å². The molecule has 9 heteroatoms. The van der Waals surface area contributed by atoms with E-state index < -0.39 is 13.9 Å². The Balaban J connectivity index is 4.30. The smallest absolute Gasteiger partial charge is 0.457 e. The maximum absolute atomic E-state index is 12.6. The fourth-order valence-electron chi connectivity index (χ4n) is 5.03. The van der Waals surface area contributed by atoms with Crippen LogP contribution in [0.1, 0.15) is 155 Å². The van der Waals surface area contributed by atoms with Gasteiger partial charge in [0.25, 0.3) is 0 Å². The monoisotopic (exact) mass is 715 g/mol. The molecule has 0 spiro atoms. The Morgan fingerprint density at radius 3 is 1.73 bits per heavy atom. The van der Waals surface area contributed by atoms with Crippen LogP contribution in [-0.4, -0.2) is 75.6 Å². The highest BCUT2D eigenvalue weighted by atomic mass is 31.2. The molecule has 0 saturated carbocycles. The molecule has 0 aromatic carbocycles. The van der Waals surface area contributed by atoms with Gasteiger partial charge >= 0.3 is 13.8 Å². The van der Waals surface area contributed by atoms with Crippen LogP contribution in [0, 0.1) is 0 Å². The Kier molecular flexibility index (Phi) is 33.0. The second-order valence-electron chi connectivity index (χ2n) is 14.3. The van der Waals surface area contributed by atoms with E-state index in [-0.39, 0.29) is 25.8 Å². The molecule has 0 fully saturated rings. The quantitative estimate of drug-likeness (QED) is 0.0227. The lowest BCUT2D eigenvalue weighted by Crippen LogP contribution is -2.37. The van der Waals surface area contributed by atoms with Gasteiger partial charge in [-0.3, -0.25) is 13.8 Å². The number of quaternary nitrogens is 1. The minimum absolute atomic E-state index is 0.0843. The minimum atomic E-state index is -4.27. The maximum atomic E-state index is 12.6. The Morgan fingerprint density at radius 1 is 0.633 bits per heavy atom. The molecule has 49 heavy (non-hydrogen) atoms. The van der Waals surface area contributed by atoms with Crippen LogP contribution >= 0.6 is 7.82 Å². The fraction of sp³-hybridized carbons (Fsp3) is 0.825. The standard InChI is InChI=1S/C40H76NO7P/c1-6-8-10-12-14-16-18-19-20-21-22-24-26-28-30-32-35-45-37-39(38-47-49(43,44)46-36-34-41(3,4)5)48-40(42)33-31-29-27-25-23-17-15-13-11-9-7-2/h13-16,19-20,39H,6-12,17-18,21-38H2,1-5H3/p+1/b15-13-,16-14-,20-19-. The van der Waals surface area contributed by atoms with Crippen LogP contribution in [0.4, 0.5) is 0 Å². The van der Waals surface area contributed by atoms with Gasteiger partial charge in [0.05, 0.1) is 34.4 Å². The zero-order valence-corrected chi connectivity index (χ0v) is 33.3. The first-order valence-corrected chi connectivity index (χ1v) is 21.2. The molecule has 0 aromatic rings. The number of hydrogen-bond donors (Lipinski definition) is 1. The van der Waals surface area contributed by atoms with E-state index in [1.807, 2.05) is 21.1 Å². The highest BCUT2D eigenvalue weighted by Gasteiger charge is 2.26. The molecule has 0 rings (SSSR count). The number of hydrogen-bond acceptors (Lipinski definition) is 6. The first-order chi connectivity index (χ1) is 23.6. The number of rotatable bonds is 36. The van der Waals surface area contributed by atoms with Crippen molar-refractivity contribution in [1.29, 1.82) is 0 Å². The number of unbranched alkanes of at least 4 members (excludes halogenated alkanes) is 16. The summed E-state index contributed by atoms with van der Waals surface area (Å²) in [5.74, 6) is -0.330. The molecule has 2 atom stereocenters. The lowest BCUT2D eigenvalue weighted by atomic mass is 10.1. The third-order valence-corrected chi connectivity index (χ3v) is 9.16. The van der Waals surface area contributed by atoms with E-state index in [0.717, 1.165) is 57.8 Å². The van der Waals surface area contributed by atoms with Gasteiger partial charge in [-0.25, -0.2) is 4.57 Å². The number of carbonyl (C=O) groups excluding carboxylic acids is 1. The Bertz CT molecular complexity index is 884. The molecule has 0 aliphatic carbocycles. The second-order valence-corrected chi connectivity index (χ2v) is 15.8. The number of likely N-dealkylation sites (N-methyl/N-ethyl adjacent to an activating group) is 1. The largest absolute Gasteiger partial charge is 0.472 e. The number of carbonyl (C=O) groups is 1. The topological polar surface area (TPSA) is 91.3 Å². The van der Waals surface area contributed by atoms with Crippen molar-refractivity contribution >= 4 is 13.8 Å². The van der Waals surface area contributed by atoms with Gasteiger partial charge in [0, 0.05) is 13.0 Å². The number of phosphoric acid groups is 1. The molecule has 0 radical (unpaired) electrons. The van der Waals surface area contributed by atoms with Crippen molar-refractivity contribution in [3.8, 4) is 0 Å². The predicted molar refractivity (Wildman–Crippen MR) is 206 cm³/mol. The van der Waals surface area contributed by atoms with Crippen LogP contribution in [0.15, 0.2) is 36.5 Å². The van der Waals surface area contributed by atoms with Crippen LogP contribution in [0.25, 0.3) is 0 Å². The third-order valence-electron chi connectivity index (χ3n) is 8.17. The van der Waals surface area contributed by atoms with Gasteiger partial charge in [-0.2, -0.15) is 0 Å². The van der Waals surface area contributed by atoms with E-state index in [2.05, 4.69) is 50.3 Å². The molecule has 2 unspecified atom stereocenters. The average molecular weight is 715 g/mol. The predicted octanol–water partition coefficient (Wildman–Crippen LogP) is 11.0. The Labute approximate surface area is 302 Å². The molecule has 8 nitrogen and oxygen atoms in total. The first kappa shape index (κ1) is 47.7. The summed E-state index contributed by atoms with van der Waals surface area (Å²) >= 11 is 0. The summed E-state index contributed by atoms with van der Waals surface area (Å²) in [7, 11) is 1.65. The van der Waals surface area contributed by atoms with Gasteiger partial charge in [0.2, 0.25) is 0 Å². The van der Waals surface area contributed by atoms with E-state index in [1.165, 1.54) is 77.0 Å². The Hall–Kier alpha value is -1.28. The van der Waals surface area contributed by atoms with Gasteiger partial charge < -0.3 is 18.9 Å². The van der Waals surface area contributed by atoms with E-state index in [4.69, 9.17) is 18.5 Å². The van der Waals surface area contributed by atoms with E-state index in [1.54, 1.807) is 0 Å². The van der Waals surface area contributed by atoms with Crippen molar-refractivity contribution in [3.05, 3.63) is 36.5 Å². The van der Waals surface area contributed by atoms with Crippen LogP contribution in [0.5, 0.6) is 0 Å². The molecule has 288 valence electrons.